The predicted molar refractivity (Wildman–Crippen MR) is 60.9 cm³/mol. The Morgan fingerprint density at radius 3 is 2.82 bits per heavy atom. The van der Waals surface area contributed by atoms with Gasteiger partial charge in [-0.25, -0.2) is 9.97 Å². The number of aromatic nitrogens is 2. The van der Waals surface area contributed by atoms with Gasteiger partial charge in [0.1, 0.15) is 11.9 Å². The van der Waals surface area contributed by atoms with Gasteiger partial charge in [-0.2, -0.15) is 5.26 Å². The van der Waals surface area contributed by atoms with Gasteiger partial charge in [0.15, 0.2) is 5.69 Å². The van der Waals surface area contributed by atoms with Gasteiger partial charge in [-0.1, -0.05) is 0 Å². The number of anilines is 1. The largest absolute Gasteiger partial charge is 0.369 e. The number of rotatable bonds is 2. The van der Waals surface area contributed by atoms with E-state index in [0.29, 0.717) is 18.8 Å². The van der Waals surface area contributed by atoms with Crippen LogP contribution in [-0.4, -0.2) is 29.0 Å². The zero-order valence-corrected chi connectivity index (χ0v) is 9.55. The molecule has 0 aliphatic carbocycles. The van der Waals surface area contributed by atoms with Crippen molar-refractivity contribution in [1.29, 1.82) is 5.26 Å². The molecule has 6 heteroatoms. The summed E-state index contributed by atoms with van der Waals surface area (Å²) >= 11 is 0. The molecular weight excluding hydrogens is 218 g/mol. The van der Waals surface area contributed by atoms with E-state index >= 15 is 0 Å². The Hall–Kier alpha value is -2.16. The van der Waals surface area contributed by atoms with Crippen LogP contribution in [0.4, 0.5) is 5.82 Å². The molecule has 1 aliphatic heterocycles. The van der Waals surface area contributed by atoms with Crippen LogP contribution in [0.1, 0.15) is 19.0 Å². The molecule has 0 saturated carbocycles. The van der Waals surface area contributed by atoms with E-state index in [1.54, 1.807) is 6.20 Å². The van der Waals surface area contributed by atoms with Gasteiger partial charge in [-0.05, 0) is 13.3 Å². The molecule has 1 unspecified atom stereocenters. The molecule has 1 amide bonds. The third-order valence-corrected chi connectivity index (χ3v) is 3.14. The molecule has 17 heavy (non-hydrogen) atoms. The first kappa shape index (κ1) is 11.3. The molecule has 0 aromatic carbocycles. The summed E-state index contributed by atoms with van der Waals surface area (Å²) in [5, 5.41) is 8.62. The standard InChI is InChI=1S/C11H13N5O/c1-11(10(13)17)2-3-16(7-11)9-6-14-8(4-12)5-15-9/h5-6H,2-3,7H2,1H3,(H2,13,17). The zero-order valence-electron chi connectivity index (χ0n) is 9.55. The van der Waals surface area contributed by atoms with Gasteiger partial charge in [0.2, 0.25) is 5.91 Å². The minimum absolute atomic E-state index is 0.283. The van der Waals surface area contributed by atoms with Crippen LogP contribution >= 0.6 is 0 Å². The summed E-state index contributed by atoms with van der Waals surface area (Å²) in [6.07, 6.45) is 3.69. The van der Waals surface area contributed by atoms with Crippen LogP contribution in [0.3, 0.4) is 0 Å². The Kier molecular flexibility index (Phi) is 2.68. The number of amides is 1. The molecule has 1 saturated heterocycles. The van der Waals surface area contributed by atoms with Gasteiger partial charge in [0.25, 0.3) is 0 Å². The molecule has 6 nitrogen and oxygen atoms in total. The molecule has 1 atom stereocenters. The van der Waals surface area contributed by atoms with Gasteiger partial charge >= 0.3 is 0 Å². The van der Waals surface area contributed by atoms with E-state index in [1.807, 2.05) is 17.9 Å². The number of carbonyl (C=O) groups excluding carboxylic acids is 1. The summed E-state index contributed by atoms with van der Waals surface area (Å²) in [5.74, 6) is 0.385. The van der Waals surface area contributed by atoms with Crippen molar-refractivity contribution >= 4 is 11.7 Å². The molecular formula is C11H13N5O. The Morgan fingerprint density at radius 1 is 1.59 bits per heavy atom. The molecule has 1 fully saturated rings. The highest BCUT2D eigenvalue weighted by molar-refractivity contribution is 5.81. The number of primary amides is 1. The predicted octanol–water partition coefficient (Wildman–Crippen LogP) is 0.0500. The normalized spacial score (nSPS) is 23.4. The van der Waals surface area contributed by atoms with Crippen molar-refractivity contribution < 1.29 is 4.79 Å². The van der Waals surface area contributed by atoms with Gasteiger partial charge in [-0.15, -0.1) is 0 Å². The van der Waals surface area contributed by atoms with Crippen LogP contribution in [0.15, 0.2) is 12.4 Å². The number of carbonyl (C=O) groups is 1. The summed E-state index contributed by atoms with van der Waals surface area (Å²) in [5.41, 5.74) is 5.15. The first-order valence-corrected chi connectivity index (χ1v) is 5.32. The molecule has 2 rings (SSSR count). The summed E-state index contributed by atoms with van der Waals surface area (Å²) in [7, 11) is 0. The number of nitrogens with zero attached hydrogens (tertiary/aromatic N) is 4. The number of nitriles is 1. The minimum atomic E-state index is -0.504. The van der Waals surface area contributed by atoms with Gasteiger partial charge in [-0.3, -0.25) is 4.79 Å². The fourth-order valence-electron chi connectivity index (χ4n) is 1.90. The second-order valence-electron chi connectivity index (χ2n) is 4.47. The summed E-state index contributed by atoms with van der Waals surface area (Å²) in [6, 6.07) is 1.91. The van der Waals surface area contributed by atoms with E-state index in [-0.39, 0.29) is 11.6 Å². The van der Waals surface area contributed by atoms with Crippen molar-refractivity contribution in [2.75, 3.05) is 18.0 Å². The fraction of sp³-hybridized carbons (Fsp3) is 0.455. The van der Waals surface area contributed by atoms with E-state index in [1.165, 1.54) is 6.20 Å². The lowest BCUT2D eigenvalue weighted by atomic mass is 9.89. The molecule has 2 N–H and O–H groups in total. The van der Waals surface area contributed by atoms with Crippen LogP contribution in [-0.2, 0) is 4.79 Å². The van der Waals surface area contributed by atoms with Crippen molar-refractivity contribution in [3.05, 3.63) is 18.1 Å². The van der Waals surface area contributed by atoms with Crippen molar-refractivity contribution in [2.24, 2.45) is 11.1 Å². The van der Waals surface area contributed by atoms with Crippen molar-refractivity contribution in [3.63, 3.8) is 0 Å². The maximum atomic E-state index is 11.3. The van der Waals surface area contributed by atoms with Crippen molar-refractivity contribution in [2.45, 2.75) is 13.3 Å². The number of nitrogens with two attached hydrogens (primary N) is 1. The summed E-state index contributed by atoms with van der Waals surface area (Å²) in [6.45, 7) is 3.12. The SMILES string of the molecule is CC1(C(N)=O)CCN(c2cnc(C#N)cn2)C1. The van der Waals surface area contributed by atoms with Crippen LogP contribution in [0.2, 0.25) is 0 Å². The van der Waals surface area contributed by atoms with Crippen molar-refractivity contribution in [1.82, 2.24) is 9.97 Å². The van der Waals surface area contributed by atoms with Gasteiger partial charge < -0.3 is 10.6 Å². The lowest BCUT2D eigenvalue weighted by Crippen LogP contribution is -2.37. The third kappa shape index (κ3) is 2.04. The first-order chi connectivity index (χ1) is 8.05. The average molecular weight is 231 g/mol. The Morgan fingerprint density at radius 2 is 2.35 bits per heavy atom. The van der Waals surface area contributed by atoms with Crippen molar-refractivity contribution in [3.8, 4) is 6.07 Å². The molecule has 1 aromatic rings. The zero-order chi connectivity index (χ0) is 12.5. The Labute approximate surface area is 99.1 Å². The van der Waals surface area contributed by atoms with E-state index in [0.717, 1.165) is 6.54 Å². The highest BCUT2D eigenvalue weighted by Crippen LogP contribution is 2.31. The average Bonchev–Trinajstić information content (AvgIpc) is 2.74. The van der Waals surface area contributed by atoms with E-state index < -0.39 is 5.41 Å². The van der Waals surface area contributed by atoms with Gasteiger partial charge in [0.05, 0.1) is 17.8 Å². The number of hydrogen-bond acceptors (Lipinski definition) is 5. The summed E-state index contributed by atoms with van der Waals surface area (Å²) in [4.78, 5) is 21.4. The van der Waals surface area contributed by atoms with Gasteiger partial charge in [0, 0.05) is 13.1 Å². The third-order valence-electron chi connectivity index (χ3n) is 3.14. The quantitative estimate of drug-likeness (QED) is 0.775. The maximum Gasteiger partial charge on any atom is 0.225 e. The van der Waals surface area contributed by atoms with Crippen LogP contribution in [0.5, 0.6) is 0 Å². The van der Waals surface area contributed by atoms with E-state index in [4.69, 9.17) is 11.0 Å². The van der Waals surface area contributed by atoms with E-state index in [2.05, 4.69) is 9.97 Å². The highest BCUT2D eigenvalue weighted by Gasteiger charge is 2.39. The second-order valence-corrected chi connectivity index (χ2v) is 4.47. The smallest absolute Gasteiger partial charge is 0.225 e. The molecule has 88 valence electrons. The van der Waals surface area contributed by atoms with Crippen LogP contribution < -0.4 is 10.6 Å². The molecule has 1 aromatic heterocycles. The lowest BCUT2D eigenvalue weighted by Gasteiger charge is -2.21. The fourth-order valence-corrected chi connectivity index (χ4v) is 1.90. The highest BCUT2D eigenvalue weighted by atomic mass is 16.1. The number of hydrogen-bond donors (Lipinski definition) is 1. The molecule has 0 spiro atoms. The lowest BCUT2D eigenvalue weighted by molar-refractivity contribution is -0.125. The Bertz CT molecular complexity index is 478. The maximum absolute atomic E-state index is 11.3. The minimum Gasteiger partial charge on any atom is -0.369 e. The molecule has 0 bridgehead atoms. The monoisotopic (exact) mass is 231 g/mol. The summed E-state index contributed by atoms with van der Waals surface area (Å²) < 4.78 is 0. The van der Waals surface area contributed by atoms with Crippen LogP contribution in [0, 0.1) is 16.7 Å². The first-order valence-electron chi connectivity index (χ1n) is 5.32. The Balaban J connectivity index is 2.15. The van der Waals surface area contributed by atoms with Crippen LogP contribution in [0.25, 0.3) is 0 Å². The topological polar surface area (TPSA) is 95.9 Å². The second kappa shape index (κ2) is 4.01. The molecule has 2 heterocycles. The van der Waals surface area contributed by atoms with E-state index in [9.17, 15) is 4.79 Å². The molecule has 0 radical (unpaired) electrons. The molecule has 1 aliphatic rings.